The van der Waals surface area contributed by atoms with Gasteiger partial charge in [0.15, 0.2) is 0 Å². The first-order chi connectivity index (χ1) is 17.9. The number of carbonyl (C=O) groups is 2. The van der Waals surface area contributed by atoms with Crippen molar-refractivity contribution in [1.29, 1.82) is 0 Å². The number of alkyl halides is 3. The highest BCUT2D eigenvalue weighted by Gasteiger charge is 2.41. The van der Waals surface area contributed by atoms with Gasteiger partial charge in [0.25, 0.3) is 5.91 Å². The molecule has 0 spiro atoms. The molecule has 38 heavy (non-hydrogen) atoms. The molecule has 0 unspecified atom stereocenters. The van der Waals surface area contributed by atoms with Gasteiger partial charge in [0.1, 0.15) is 12.2 Å². The number of nitrogens with two attached hydrogens (primary N) is 1. The minimum Gasteiger partial charge on any atom is -0.404 e. The molecule has 3 heterocycles. The van der Waals surface area contributed by atoms with Crippen molar-refractivity contribution in [3.8, 4) is 0 Å². The van der Waals surface area contributed by atoms with Crippen molar-refractivity contribution in [2.24, 2.45) is 10.7 Å². The number of rotatable bonds is 7. The van der Waals surface area contributed by atoms with E-state index in [4.69, 9.17) is 5.73 Å². The molecule has 12 heteroatoms. The van der Waals surface area contributed by atoms with Gasteiger partial charge in [-0.2, -0.15) is 13.2 Å². The zero-order valence-corrected chi connectivity index (χ0v) is 21.4. The van der Waals surface area contributed by atoms with E-state index >= 15 is 0 Å². The van der Waals surface area contributed by atoms with E-state index < -0.39 is 24.2 Å². The quantitative estimate of drug-likeness (QED) is 0.530. The first-order valence-electron chi connectivity index (χ1n) is 12.2. The second-order valence-corrected chi connectivity index (χ2v) is 9.91. The summed E-state index contributed by atoms with van der Waals surface area (Å²) in [6, 6.07) is 6.32. The second-order valence-electron chi connectivity index (χ2n) is 9.91. The number of aromatic nitrogens is 2. The maximum atomic E-state index is 13.2. The van der Waals surface area contributed by atoms with Crippen LogP contribution in [-0.2, 0) is 4.79 Å². The summed E-state index contributed by atoms with van der Waals surface area (Å²) < 4.78 is 37.3. The Hall–Kier alpha value is -3.80. The second kappa shape index (κ2) is 10.5. The third-order valence-electron chi connectivity index (χ3n) is 6.77. The first kappa shape index (κ1) is 27.2. The molecule has 0 bridgehead atoms. The van der Waals surface area contributed by atoms with Gasteiger partial charge in [0.05, 0.1) is 34.5 Å². The van der Waals surface area contributed by atoms with Crippen molar-refractivity contribution >= 4 is 35.0 Å². The summed E-state index contributed by atoms with van der Waals surface area (Å²) in [5.41, 5.74) is 7.09. The highest BCUT2D eigenvalue weighted by Crippen LogP contribution is 2.43. The summed E-state index contributed by atoms with van der Waals surface area (Å²) in [7, 11) is 1.91. The Bertz CT molecular complexity index is 1290. The summed E-state index contributed by atoms with van der Waals surface area (Å²) in [6.45, 7) is 3.55. The molecule has 1 saturated carbocycles. The predicted molar refractivity (Wildman–Crippen MR) is 139 cm³/mol. The van der Waals surface area contributed by atoms with Crippen LogP contribution in [0.1, 0.15) is 54.5 Å². The summed E-state index contributed by atoms with van der Waals surface area (Å²) in [6.07, 6.45) is 1.18. The Labute approximate surface area is 218 Å². The average Bonchev–Trinajstić information content (AvgIpc) is 3.70. The van der Waals surface area contributed by atoms with E-state index in [-0.39, 0.29) is 28.8 Å². The van der Waals surface area contributed by atoms with Gasteiger partial charge >= 0.3 is 6.18 Å². The molecular formula is C26H30F3N7O2. The maximum absolute atomic E-state index is 13.2. The minimum absolute atomic E-state index is 0.0371. The fourth-order valence-electron chi connectivity index (χ4n) is 4.12. The number of hydrogen-bond acceptors (Lipinski definition) is 7. The van der Waals surface area contributed by atoms with Gasteiger partial charge in [0.2, 0.25) is 5.91 Å². The molecule has 0 atom stereocenters. The van der Waals surface area contributed by atoms with E-state index in [2.05, 4.69) is 20.3 Å². The summed E-state index contributed by atoms with van der Waals surface area (Å²) >= 11 is 0. The highest BCUT2D eigenvalue weighted by atomic mass is 19.4. The van der Waals surface area contributed by atoms with E-state index in [0.29, 0.717) is 24.5 Å². The standard InChI is InChI=1S/C26H30F3N7O2/c1-25(2)24(38)36(10-9-35(25)3)18-11-21(22(32-14-18)16-7-8-16)34-23(37)20-6-4-5-19(33-20)17(12-30)13-31-15-26(27,28)29/h4-6,11-14,16H,7-10,15,30H2,1-3H3,(H,34,37)/b17-12+,31-13?. The van der Waals surface area contributed by atoms with Crippen LogP contribution in [0.25, 0.3) is 5.57 Å². The van der Waals surface area contributed by atoms with Crippen molar-refractivity contribution in [2.45, 2.75) is 44.3 Å². The van der Waals surface area contributed by atoms with Crippen LogP contribution >= 0.6 is 0 Å². The molecule has 0 aromatic carbocycles. The number of amides is 2. The van der Waals surface area contributed by atoms with Crippen LogP contribution in [0, 0.1) is 0 Å². The number of pyridine rings is 2. The van der Waals surface area contributed by atoms with Gasteiger partial charge in [-0.1, -0.05) is 6.07 Å². The number of halogens is 3. The Morgan fingerprint density at radius 2 is 1.97 bits per heavy atom. The number of piperazine rings is 1. The van der Waals surface area contributed by atoms with Gasteiger partial charge < -0.3 is 16.0 Å². The van der Waals surface area contributed by atoms with Crippen molar-refractivity contribution in [1.82, 2.24) is 14.9 Å². The van der Waals surface area contributed by atoms with Gasteiger partial charge in [-0.3, -0.25) is 24.5 Å². The molecule has 1 saturated heterocycles. The van der Waals surface area contributed by atoms with Crippen LogP contribution in [0.5, 0.6) is 0 Å². The van der Waals surface area contributed by atoms with Crippen molar-refractivity contribution in [3.63, 3.8) is 0 Å². The molecule has 1 aliphatic carbocycles. The maximum Gasteiger partial charge on any atom is 0.407 e. The molecule has 0 radical (unpaired) electrons. The van der Waals surface area contributed by atoms with Crippen molar-refractivity contribution in [3.05, 3.63) is 53.7 Å². The van der Waals surface area contributed by atoms with Gasteiger partial charge in [0, 0.05) is 37.0 Å². The average molecular weight is 530 g/mol. The van der Waals surface area contributed by atoms with Crippen LogP contribution in [0.3, 0.4) is 0 Å². The molecule has 2 aromatic rings. The van der Waals surface area contributed by atoms with Gasteiger partial charge in [-0.15, -0.1) is 0 Å². The fourth-order valence-corrected chi connectivity index (χ4v) is 4.12. The molecule has 4 rings (SSSR count). The van der Waals surface area contributed by atoms with E-state index in [1.165, 1.54) is 12.1 Å². The van der Waals surface area contributed by atoms with E-state index in [1.54, 1.807) is 23.2 Å². The SMILES string of the molecule is CN1CCN(c2cnc(C3CC3)c(NC(=O)c3cccc(/C(C=NCC(F)(F)F)=C/N)n3)c2)C(=O)C1(C)C. The highest BCUT2D eigenvalue weighted by molar-refractivity contribution is 6.10. The number of carbonyl (C=O) groups excluding carboxylic acids is 2. The monoisotopic (exact) mass is 529 g/mol. The number of anilines is 2. The lowest BCUT2D eigenvalue weighted by Gasteiger charge is -2.44. The van der Waals surface area contributed by atoms with Crippen LogP contribution in [0.15, 0.2) is 41.7 Å². The Morgan fingerprint density at radius 3 is 2.63 bits per heavy atom. The normalized spacial score (nSPS) is 18.7. The zero-order valence-electron chi connectivity index (χ0n) is 21.4. The first-order valence-corrected chi connectivity index (χ1v) is 12.2. The molecule has 9 nitrogen and oxygen atoms in total. The lowest BCUT2D eigenvalue weighted by molar-refractivity contribution is -0.130. The number of allylic oxidation sites excluding steroid dienone is 1. The van der Waals surface area contributed by atoms with Crippen LogP contribution < -0.4 is 16.0 Å². The lowest BCUT2D eigenvalue weighted by atomic mass is 9.98. The molecule has 2 amide bonds. The predicted octanol–water partition coefficient (Wildman–Crippen LogP) is 3.60. The third-order valence-corrected chi connectivity index (χ3v) is 6.77. The molecule has 2 aromatic heterocycles. The molecule has 2 fully saturated rings. The number of nitrogens with zero attached hydrogens (tertiary/aromatic N) is 5. The van der Waals surface area contributed by atoms with Gasteiger partial charge in [-0.05, 0) is 51.9 Å². The van der Waals surface area contributed by atoms with Crippen LogP contribution in [0.2, 0.25) is 0 Å². The topological polar surface area (TPSA) is 117 Å². The Kier molecular flexibility index (Phi) is 7.54. The molecule has 202 valence electrons. The van der Waals surface area contributed by atoms with Gasteiger partial charge in [-0.25, -0.2) is 4.98 Å². The summed E-state index contributed by atoms with van der Waals surface area (Å²) in [4.78, 5) is 42.3. The minimum atomic E-state index is -4.45. The molecule has 1 aliphatic heterocycles. The summed E-state index contributed by atoms with van der Waals surface area (Å²) in [5.74, 6) is -0.372. The van der Waals surface area contributed by atoms with Crippen LogP contribution in [-0.4, -0.2) is 71.3 Å². The van der Waals surface area contributed by atoms with Crippen molar-refractivity contribution in [2.75, 3.05) is 36.9 Å². The molecule has 2 aliphatic rings. The van der Waals surface area contributed by atoms with E-state index in [9.17, 15) is 22.8 Å². The number of aliphatic imine (C=N–C) groups is 1. The van der Waals surface area contributed by atoms with Crippen molar-refractivity contribution < 1.29 is 22.8 Å². The lowest BCUT2D eigenvalue weighted by Crippen LogP contribution is -2.61. The largest absolute Gasteiger partial charge is 0.407 e. The smallest absolute Gasteiger partial charge is 0.404 e. The number of nitrogens with one attached hydrogen (secondary N) is 1. The Balaban J connectivity index is 1.58. The van der Waals surface area contributed by atoms with E-state index in [0.717, 1.165) is 31.0 Å². The summed E-state index contributed by atoms with van der Waals surface area (Å²) in [5, 5.41) is 2.87. The van der Waals surface area contributed by atoms with Crippen LogP contribution in [0.4, 0.5) is 24.5 Å². The fraction of sp³-hybridized carbons (Fsp3) is 0.423. The number of hydrogen-bond donors (Lipinski definition) is 2. The number of likely N-dealkylation sites (N-methyl/N-ethyl adjacent to an activating group) is 1. The third kappa shape index (κ3) is 6.01. The Morgan fingerprint density at radius 1 is 1.26 bits per heavy atom. The van der Waals surface area contributed by atoms with E-state index in [1.807, 2.05) is 25.8 Å². The molecule has 3 N–H and O–H groups in total. The zero-order chi connectivity index (χ0) is 27.7. The molecular weight excluding hydrogens is 499 g/mol.